The SMILES string of the molecule is Fc1cc(OCCNCC2CC2)ccc1Br. The summed E-state index contributed by atoms with van der Waals surface area (Å²) in [6, 6.07) is 4.81. The minimum atomic E-state index is -0.288. The summed E-state index contributed by atoms with van der Waals surface area (Å²) in [6.07, 6.45) is 2.71. The summed E-state index contributed by atoms with van der Waals surface area (Å²) in [5.41, 5.74) is 0. The van der Waals surface area contributed by atoms with E-state index in [9.17, 15) is 4.39 Å². The molecule has 0 aromatic heterocycles. The molecule has 2 rings (SSSR count). The van der Waals surface area contributed by atoms with Gasteiger partial charge >= 0.3 is 0 Å². The Morgan fingerprint density at radius 2 is 2.25 bits per heavy atom. The standard InChI is InChI=1S/C12H15BrFNO/c13-11-4-3-10(7-12(11)14)16-6-5-15-8-9-1-2-9/h3-4,7,9,15H,1-2,5-6,8H2. The molecule has 0 unspecified atom stereocenters. The Balaban J connectivity index is 1.65. The van der Waals surface area contributed by atoms with E-state index in [0.717, 1.165) is 19.0 Å². The molecule has 0 bridgehead atoms. The van der Waals surface area contributed by atoms with Gasteiger partial charge in [-0.15, -0.1) is 0 Å². The molecular formula is C12H15BrFNO. The minimum Gasteiger partial charge on any atom is -0.492 e. The van der Waals surface area contributed by atoms with Crippen LogP contribution in [0.25, 0.3) is 0 Å². The number of ether oxygens (including phenoxy) is 1. The van der Waals surface area contributed by atoms with Crippen LogP contribution < -0.4 is 10.1 Å². The van der Waals surface area contributed by atoms with Crippen LogP contribution in [0.15, 0.2) is 22.7 Å². The van der Waals surface area contributed by atoms with Crippen molar-refractivity contribution in [2.75, 3.05) is 19.7 Å². The van der Waals surface area contributed by atoms with Gasteiger partial charge in [0.2, 0.25) is 0 Å². The Bertz CT molecular complexity index is 355. The predicted molar refractivity (Wildman–Crippen MR) is 65.2 cm³/mol. The normalized spacial score (nSPS) is 15.1. The Labute approximate surface area is 103 Å². The Morgan fingerprint density at radius 1 is 1.44 bits per heavy atom. The number of hydrogen-bond acceptors (Lipinski definition) is 2. The fourth-order valence-electron chi connectivity index (χ4n) is 1.44. The van der Waals surface area contributed by atoms with Gasteiger partial charge in [-0.2, -0.15) is 0 Å². The van der Waals surface area contributed by atoms with Crippen LogP contribution in [-0.4, -0.2) is 19.7 Å². The summed E-state index contributed by atoms with van der Waals surface area (Å²) in [6.45, 7) is 2.47. The first kappa shape index (κ1) is 11.9. The maximum atomic E-state index is 13.1. The molecule has 1 aromatic rings. The molecule has 1 saturated carbocycles. The summed E-state index contributed by atoms with van der Waals surface area (Å²) < 4.78 is 19.0. The van der Waals surface area contributed by atoms with E-state index >= 15 is 0 Å². The predicted octanol–water partition coefficient (Wildman–Crippen LogP) is 2.97. The highest BCUT2D eigenvalue weighted by Gasteiger charge is 2.19. The van der Waals surface area contributed by atoms with Crippen molar-refractivity contribution in [3.05, 3.63) is 28.5 Å². The zero-order chi connectivity index (χ0) is 11.4. The Morgan fingerprint density at radius 3 is 2.94 bits per heavy atom. The highest BCUT2D eigenvalue weighted by Crippen LogP contribution is 2.27. The van der Waals surface area contributed by atoms with Crippen molar-refractivity contribution in [1.82, 2.24) is 5.32 Å². The van der Waals surface area contributed by atoms with Gasteiger partial charge in [0, 0.05) is 12.6 Å². The topological polar surface area (TPSA) is 21.3 Å². The zero-order valence-electron chi connectivity index (χ0n) is 9.01. The molecule has 1 N–H and O–H groups in total. The molecule has 88 valence electrons. The van der Waals surface area contributed by atoms with Crippen LogP contribution >= 0.6 is 15.9 Å². The van der Waals surface area contributed by atoms with Crippen molar-refractivity contribution in [1.29, 1.82) is 0 Å². The highest BCUT2D eigenvalue weighted by atomic mass is 79.9. The van der Waals surface area contributed by atoms with Gasteiger partial charge < -0.3 is 10.1 Å². The number of benzene rings is 1. The van der Waals surface area contributed by atoms with Gasteiger partial charge in [0.25, 0.3) is 0 Å². The van der Waals surface area contributed by atoms with E-state index in [-0.39, 0.29) is 5.82 Å². The molecular weight excluding hydrogens is 273 g/mol. The van der Waals surface area contributed by atoms with E-state index in [4.69, 9.17) is 4.74 Å². The summed E-state index contributed by atoms with van der Waals surface area (Å²) >= 11 is 3.10. The fraction of sp³-hybridized carbons (Fsp3) is 0.500. The molecule has 1 aliphatic carbocycles. The number of halogens is 2. The van der Waals surface area contributed by atoms with E-state index in [0.29, 0.717) is 16.8 Å². The third-order valence-corrected chi connectivity index (χ3v) is 3.21. The molecule has 16 heavy (non-hydrogen) atoms. The van der Waals surface area contributed by atoms with E-state index in [2.05, 4.69) is 21.2 Å². The quantitative estimate of drug-likeness (QED) is 0.813. The van der Waals surface area contributed by atoms with Gasteiger partial charge in [-0.25, -0.2) is 4.39 Å². The first-order valence-corrected chi connectivity index (χ1v) is 6.33. The van der Waals surface area contributed by atoms with Crippen molar-refractivity contribution in [2.24, 2.45) is 5.92 Å². The summed E-state index contributed by atoms with van der Waals surface area (Å²) in [5.74, 6) is 1.17. The molecule has 0 aliphatic heterocycles. The highest BCUT2D eigenvalue weighted by molar-refractivity contribution is 9.10. The number of hydrogen-bond donors (Lipinski definition) is 1. The average Bonchev–Trinajstić information content (AvgIpc) is 3.07. The fourth-order valence-corrected chi connectivity index (χ4v) is 1.68. The number of nitrogens with one attached hydrogen (secondary N) is 1. The lowest BCUT2D eigenvalue weighted by Crippen LogP contribution is -2.23. The van der Waals surface area contributed by atoms with E-state index < -0.39 is 0 Å². The van der Waals surface area contributed by atoms with Crippen LogP contribution in [0.3, 0.4) is 0 Å². The van der Waals surface area contributed by atoms with Crippen LogP contribution in [0.4, 0.5) is 4.39 Å². The summed E-state index contributed by atoms with van der Waals surface area (Å²) in [7, 11) is 0. The molecule has 0 saturated heterocycles. The zero-order valence-corrected chi connectivity index (χ0v) is 10.6. The Hall–Kier alpha value is -0.610. The van der Waals surface area contributed by atoms with E-state index in [1.807, 2.05) is 0 Å². The molecule has 0 amide bonds. The molecule has 1 aromatic carbocycles. The van der Waals surface area contributed by atoms with Gasteiger partial charge in [0.15, 0.2) is 0 Å². The van der Waals surface area contributed by atoms with Crippen LogP contribution in [0.5, 0.6) is 5.75 Å². The van der Waals surface area contributed by atoms with Crippen molar-refractivity contribution in [3.8, 4) is 5.75 Å². The minimum absolute atomic E-state index is 0.288. The molecule has 2 nitrogen and oxygen atoms in total. The smallest absolute Gasteiger partial charge is 0.141 e. The monoisotopic (exact) mass is 287 g/mol. The lowest BCUT2D eigenvalue weighted by atomic mass is 10.3. The molecule has 1 fully saturated rings. The Kier molecular flexibility index (Phi) is 4.18. The van der Waals surface area contributed by atoms with Crippen LogP contribution in [0.2, 0.25) is 0 Å². The van der Waals surface area contributed by atoms with Crippen LogP contribution in [0, 0.1) is 11.7 Å². The molecule has 0 spiro atoms. The summed E-state index contributed by atoms with van der Waals surface area (Å²) in [4.78, 5) is 0. The van der Waals surface area contributed by atoms with Crippen molar-refractivity contribution >= 4 is 15.9 Å². The van der Waals surface area contributed by atoms with Crippen LogP contribution in [0.1, 0.15) is 12.8 Å². The lowest BCUT2D eigenvalue weighted by molar-refractivity contribution is 0.311. The van der Waals surface area contributed by atoms with Gasteiger partial charge in [0.1, 0.15) is 18.2 Å². The van der Waals surface area contributed by atoms with Crippen molar-refractivity contribution in [3.63, 3.8) is 0 Å². The van der Waals surface area contributed by atoms with Crippen molar-refractivity contribution < 1.29 is 9.13 Å². The lowest BCUT2D eigenvalue weighted by Gasteiger charge is -2.07. The first-order chi connectivity index (χ1) is 7.75. The second kappa shape index (κ2) is 5.64. The molecule has 0 atom stereocenters. The third kappa shape index (κ3) is 3.76. The average molecular weight is 288 g/mol. The molecule has 4 heteroatoms. The van der Waals surface area contributed by atoms with Gasteiger partial charge in [0.05, 0.1) is 4.47 Å². The molecule has 0 heterocycles. The van der Waals surface area contributed by atoms with E-state index in [1.165, 1.54) is 18.9 Å². The van der Waals surface area contributed by atoms with Crippen LogP contribution in [-0.2, 0) is 0 Å². The van der Waals surface area contributed by atoms with E-state index in [1.54, 1.807) is 12.1 Å². The van der Waals surface area contributed by atoms with Crippen molar-refractivity contribution in [2.45, 2.75) is 12.8 Å². The van der Waals surface area contributed by atoms with Gasteiger partial charge in [-0.3, -0.25) is 0 Å². The summed E-state index contributed by atoms with van der Waals surface area (Å²) in [5, 5.41) is 3.32. The van der Waals surface area contributed by atoms with Gasteiger partial charge in [-0.05, 0) is 53.4 Å². The second-order valence-electron chi connectivity index (χ2n) is 4.07. The third-order valence-electron chi connectivity index (χ3n) is 2.57. The number of rotatable bonds is 6. The molecule has 1 aliphatic rings. The maximum absolute atomic E-state index is 13.1. The second-order valence-corrected chi connectivity index (χ2v) is 4.93. The largest absolute Gasteiger partial charge is 0.492 e. The molecule has 0 radical (unpaired) electrons. The maximum Gasteiger partial charge on any atom is 0.141 e. The van der Waals surface area contributed by atoms with Gasteiger partial charge in [-0.1, -0.05) is 0 Å². The first-order valence-electron chi connectivity index (χ1n) is 5.54.